The van der Waals surface area contributed by atoms with Crippen molar-refractivity contribution in [3.63, 3.8) is 0 Å². The van der Waals surface area contributed by atoms with E-state index in [-0.39, 0.29) is 23.4 Å². The van der Waals surface area contributed by atoms with Crippen molar-refractivity contribution in [1.29, 1.82) is 0 Å². The Hall–Kier alpha value is -3.56. The predicted octanol–water partition coefficient (Wildman–Crippen LogP) is 3.75. The molecule has 3 aromatic rings. The molecule has 0 aliphatic heterocycles. The third-order valence-corrected chi connectivity index (χ3v) is 3.66. The predicted molar refractivity (Wildman–Crippen MR) is 89.9 cm³/mol. The molecule has 0 unspecified atom stereocenters. The monoisotopic (exact) mass is 395 g/mol. The number of aromatic hydroxyl groups is 1. The van der Waals surface area contributed by atoms with E-state index in [0.717, 1.165) is 18.2 Å². The lowest BCUT2D eigenvalue weighted by Gasteiger charge is -2.12. The highest BCUT2D eigenvalue weighted by Crippen LogP contribution is 2.29. The van der Waals surface area contributed by atoms with Gasteiger partial charge in [0, 0.05) is 11.6 Å². The van der Waals surface area contributed by atoms with E-state index in [0.29, 0.717) is 11.4 Å². The number of aromatic amines is 1. The Balaban J connectivity index is 1.70. The lowest BCUT2D eigenvalue weighted by molar-refractivity contribution is -0.274. The van der Waals surface area contributed by atoms with Gasteiger partial charge in [-0.15, -0.1) is 13.2 Å². The zero-order valence-corrected chi connectivity index (χ0v) is 14.0. The number of phenols is 1. The fourth-order valence-corrected chi connectivity index (χ4v) is 2.45. The number of carbonyl (C=O) groups is 1. The second-order valence-electron chi connectivity index (χ2n) is 5.67. The summed E-state index contributed by atoms with van der Waals surface area (Å²) in [5, 5.41) is 18.8. The van der Waals surface area contributed by atoms with Gasteiger partial charge in [-0.1, -0.05) is 12.1 Å². The molecule has 146 valence electrons. The SMILES string of the molecule is O=C(NCc1cc(-c2ccc(F)cc2O)n[nH]1)c1ccccc1OC(F)(F)F. The Bertz CT molecular complexity index is 1000. The number of hydrogen-bond acceptors (Lipinski definition) is 4. The van der Waals surface area contributed by atoms with Crippen LogP contribution in [0.2, 0.25) is 0 Å². The molecule has 1 amide bonds. The number of nitrogens with one attached hydrogen (secondary N) is 2. The van der Waals surface area contributed by atoms with Crippen molar-refractivity contribution in [2.75, 3.05) is 0 Å². The quantitative estimate of drug-likeness (QED) is 0.575. The number of benzene rings is 2. The Morgan fingerprint density at radius 1 is 1.18 bits per heavy atom. The minimum absolute atomic E-state index is 0.0753. The van der Waals surface area contributed by atoms with Crippen molar-refractivity contribution < 1.29 is 32.2 Å². The molecule has 28 heavy (non-hydrogen) atoms. The Morgan fingerprint density at radius 3 is 2.64 bits per heavy atom. The van der Waals surface area contributed by atoms with Crippen LogP contribution in [0.3, 0.4) is 0 Å². The van der Waals surface area contributed by atoms with Gasteiger partial charge in [-0.3, -0.25) is 9.89 Å². The van der Waals surface area contributed by atoms with E-state index in [1.54, 1.807) is 0 Å². The molecule has 1 aromatic heterocycles. The van der Waals surface area contributed by atoms with E-state index in [9.17, 15) is 27.5 Å². The van der Waals surface area contributed by atoms with Gasteiger partial charge < -0.3 is 15.2 Å². The lowest BCUT2D eigenvalue weighted by Crippen LogP contribution is -2.25. The average Bonchev–Trinajstić information content (AvgIpc) is 3.07. The number of carbonyl (C=O) groups excluding carboxylic acids is 1. The first-order valence-corrected chi connectivity index (χ1v) is 7.89. The molecule has 0 spiro atoms. The van der Waals surface area contributed by atoms with Crippen molar-refractivity contribution in [1.82, 2.24) is 15.5 Å². The summed E-state index contributed by atoms with van der Waals surface area (Å²) in [6, 6.07) is 9.89. The summed E-state index contributed by atoms with van der Waals surface area (Å²) in [7, 11) is 0. The maximum Gasteiger partial charge on any atom is 0.573 e. The molecule has 0 fully saturated rings. The molecule has 0 saturated heterocycles. The van der Waals surface area contributed by atoms with Crippen molar-refractivity contribution >= 4 is 5.91 Å². The number of para-hydroxylation sites is 1. The number of amides is 1. The minimum Gasteiger partial charge on any atom is -0.507 e. The molecule has 1 heterocycles. The second kappa shape index (κ2) is 7.59. The number of aromatic nitrogens is 2. The third-order valence-electron chi connectivity index (χ3n) is 3.66. The van der Waals surface area contributed by atoms with Gasteiger partial charge in [0.05, 0.1) is 23.5 Å². The van der Waals surface area contributed by atoms with Crippen LogP contribution in [0.5, 0.6) is 11.5 Å². The van der Waals surface area contributed by atoms with Crippen LogP contribution in [0.1, 0.15) is 16.1 Å². The summed E-state index contributed by atoms with van der Waals surface area (Å²) < 4.78 is 54.2. The van der Waals surface area contributed by atoms with Crippen LogP contribution in [0.25, 0.3) is 11.3 Å². The zero-order valence-electron chi connectivity index (χ0n) is 14.0. The smallest absolute Gasteiger partial charge is 0.507 e. The fourth-order valence-electron chi connectivity index (χ4n) is 2.45. The van der Waals surface area contributed by atoms with E-state index in [4.69, 9.17) is 0 Å². The lowest BCUT2D eigenvalue weighted by atomic mass is 10.1. The highest BCUT2D eigenvalue weighted by molar-refractivity contribution is 5.96. The number of alkyl halides is 3. The molecule has 0 saturated carbocycles. The summed E-state index contributed by atoms with van der Waals surface area (Å²) in [5.74, 6) is -2.31. The van der Waals surface area contributed by atoms with E-state index in [2.05, 4.69) is 20.3 Å². The number of nitrogens with zero attached hydrogens (tertiary/aromatic N) is 1. The number of ether oxygens (including phenoxy) is 1. The van der Waals surface area contributed by atoms with E-state index in [1.807, 2.05) is 0 Å². The molecular formula is C18H13F4N3O3. The van der Waals surface area contributed by atoms with Crippen LogP contribution in [0, 0.1) is 5.82 Å². The molecule has 0 atom stereocenters. The Morgan fingerprint density at radius 2 is 1.93 bits per heavy atom. The molecule has 2 aromatic carbocycles. The van der Waals surface area contributed by atoms with Crippen molar-refractivity contribution in [3.05, 3.63) is 65.6 Å². The van der Waals surface area contributed by atoms with Crippen LogP contribution in [-0.2, 0) is 6.54 Å². The fraction of sp³-hybridized carbons (Fsp3) is 0.111. The summed E-state index contributed by atoms with van der Waals surface area (Å²) in [6.07, 6.45) is -4.92. The Kier molecular flexibility index (Phi) is 5.21. The molecule has 3 N–H and O–H groups in total. The maximum absolute atomic E-state index is 13.1. The van der Waals surface area contributed by atoms with Crippen LogP contribution >= 0.6 is 0 Å². The number of H-pyrrole nitrogens is 1. The number of hydrogen-bond donors (Lipinski definition) is 3. The molecular weight excluding hydrogens is 382 g/mol. The molecule has 0 bridgehead atoms. The van der Waals surface area contributed by atoms with Gasteiger partial charge in [0.2, 0.25) is 0 Å². The first-order valence-electron chi connectivity index (χ1n) is 7.89. The van der Waals surface area contributed by atoms with Crippen LogP contribution < -0.4 is 10.1 Å². The maximum atomic E-state index is 13.1. The van der Waals surface area contributed by atoms with Gasteiger partial charge in [-0.25, -0.2) is 4.39 Å². The summed E-state index contributed by atoms with van der Waals surface area (Å²) in [4.78, 5) is 12.2. The van der Waals surface area contributed by atoms with Crippen LogP contribution in [0.15, 0.2) is 48.5 Å². The van der Waals surface area contributed by atoms with E-state index < -0.39 is 23.8 Å². The summed E-state index contributed by atoms with van der Waals surface area (Å²) in [5.41, 5.74) is 0.721. The third kappa shape index (κ3) is 4.58. The van der Waals surface area contributed by atoms with Crippen LogP contribution in [0.4, 0.5) is 17.6 Å². The van der Waals surface area contributed by atoms with Gasteiger partial charge in [0.25, 0.3) is 5.91 Å². The summed E-state index contributed by atoms with van der Waals surface area (Å²) in [6.45, 7) is -0.0753. The molecule has 0 aliphatic carbocycles. The van der Waals surface area contributed by atoms with Gasteiger partial charge in [0.1, 0.15) is 17.3 Å². The molecule has 3 rings (SSSR count). The van der Waals surface area contributed by atoms with Gasteiger partial charge in [0.15, 0.2) is 0 Å². The zero-order chi connectivity index (χ0) is 20.3. The highest BCUT2D eigenvalue weighted by atomic mass is 19.4. The molecule has 0 radical (unpaired) electrons. The normalized spacial score (nSPS) is 11.3. The average molecular weight is 395 g/mol. The largest absolute Gasteiger partial charge is 0.573 e. The van der Waals surface area contributed by atoms with E-state index in [1.165, 1.54) is 30.3 Å². The number of phenolic OH excluding ortho intramolecular Hbond substituents is 1. The first kappa shape index (κ1) is 19.2. The first-order chi connectivity index (χ1) is 13.2. The van der Waals surface area contributed by atoms with Crippen molar-refractivity contribution in [3.8, 4) is 22.8 Å². The molecule has 10 heteroatoms. The second-order valence-corrected chi connectivity index (χ2v) is 5.67. The molecule has 6 nitrogen and oxygen atoms in total. The summed E-state index contributed by atoms with van der Waals surface area (Å²) >= 11 is 0. The topological polar surface area (TPSA) is 87.2 Å². The van der Waals surface area contributed by atoms with Gasteiger partial charge >= 0.3 is 6.36 Å². The van der Waals surface area contributed by atoms with Crippen molar-refractivity contribution in [2.24, 2.45) is 0 Å². The number of rotatable bonds is 5. The Labute approximate surface area is 155 Å². The number of halogens is 4. The van der Waals surface area contributed by atoms with E-state index >= 15 is 0 Å². The van der Waals surface area contributed by atoms with Crippen LogP contribution in [-0.4, -0.2) is 27.6 Å². The molecule has 0 aliphatic rings. The highest BCUT2D eigenvalue weighted by Gasteiger charge is 2.32. The van der Waals surface area contributed by atoms with Crippen molar-refractivity contribution in [2.45, 2.75) is 12.9 Å². The standard InChI is InChI=1S/C18H13F4N3O3/c19-10-5-6-12(15(26)7-10)14-8-11(24-25-14)9-23-17(27)13-3-1-2-4-16(13)28-18(20,21)22/h1-8,26H,9H2,(H,23,27)(H,24,25). The van der Waals surface area contributed by atoms with Gasteiger partial charge in [-0.05, 0) is 30.3 Å². The van der Waals surface area contributed by atoms with Gasteiger partial charge in [-0.2, -0.15) is 5.10 Å². The minimum atomic E-state index is -4.92.